The highest BCUT2D eigenvalue weighted by Gasteiger charge is 2.22. The first-order valence-electron chi connectivity index (χ1n) is 8.56. The predicted octanol–water partition coefficient (Wildman–Crippen LogP) is 1.86. The SMILES string of the molecule is C[C@H]1CNCCN1CCC(=O)NC1CCCc2ccccc21. The lowest BCUT2D eigenvalue weighted by Crippen LogP contribution is -2.50. The van der Waals surface area contributed by atoms with Crippen molar-refractivity contribution in [2.24, 2.45) is 0 Å². The van der Waals surface area contributed by atoms with Crippen LogP contribution in [0.5, 0.6) is 0 Å². The van der Waals surface area contributed by atoms with E-state index in [9.17, 15) is 4.79 Å². The highest BCUT2D eigenvalue weighted by Crippen LogP contribution is 2.29. The zero-order valence-electron chi connectivity index (χ0n) is 13.5. The molecule has 22 heavy (non-hydrogen) atoms. The Morgan fingerprint density at radius 1 is 1.41 bits per heavy atom. The summed E-state index contributed by atoms with van der Waals surface area (Å²) in [5.74, 6) is 0.187. The third-order valence-corrected chi connectivity index (χ3v) is 4.97. The van der Waals surface area contributed by atoms with Gasteiger partial charge in [0.1, 0.15) is 0 Å². The van der Waals surface area contributed by atoms with Gasteiger partial charge in [0.15, 0.2) is 0 Å². The molecule has 1 aromatic rings. The molecule has 0 bridgehead atoms. The zero-order chi connectivity index (χ0) is 15.4. The third-order valence-electron chi connectivity index (χ3n) is 4.97. The van der Waals surface area contributed by atoms with E-state index in [1.807, 2.05) is 0 Å². The minimum atomic E-state index is 0.187. The van der Waals surface area contributed by atoms with Crippen LogP contribution in [0.1, 0.15) is 43.4 Å². The molecule has 1 saturated heterocycles. The van der Waals surface area contributed by atoms with E-state index < -0.39 is 0 Å². The number of carbonyl (C=O) groups is 1. The number of hydrogen-bond donors (Lipinski definition) is 2. The van der Waals surface area contributed by atoms with Crippen LogP contribution in [0.2, 0.25) is 0 Å². The van der Waals surface area contributed by atoms with Crippen LogP contribution in [0.25, 0.3) is 0 Å². The first-order valence-corrected chi connectivity index (χ1v) is 8.56. The van der Waals surface area contributed by atoms with Crippen molar-refractivity contribution in [3.63, 3.8) is 0 Å². The predicted molar refractivity (Wildman–Crippen MR) is 88.8 cm³/mol. The average molecular weight is 301 g/mol. The van der Waals surface area contributed by atoms with Crippen molar-refractivity contribution < 1.29 is 4.79 Å². The molecule has 1 fully saturated rings. The van der Waals surface area contributed by atoms with Gasteiger partial charge < -0.3 is 10.6 Å². The van der Waals surface area contributed by atoms with Crippen molar-refractivity contribution in [2.75, 3.05) is 26.2 Å². The van der Waals surface area contributed by atoms with Crippen LogP contribution in [-0.4, -0.2) is 43.0 Å². The van der Waals surface area contributed by atoms with Crippen molar-refractivity contribution in [1.82, 2.24) is 15.5 Å². The lowest BCUT2D eigenvalue weighted by Gasteiger charge is -2.34. The van der Waals surface area contributed by atoms with Gasteiger partial charge in [0.25, 0.3) is 0 Å². The van der Waals surface area contributed by atoms with Gasteiger partial charge in [-0.05, 0) is 37.3 Å². The number of aryl methyl sites for hydroxylation is 1. The molecular weight excluding hydrogens is 274 g/mol. The molecule has 120 valence electrons. The fraction of sp³-hybridized carbons (Fsp3) is 0.611. The van der Waals surface area contributed by atoms with Crippen molar-refractivity contribution in [1.29, 1.82) is 0 Å². The zero-order valence-corrected chi connectivity index (χ0v) is 13.5. The summed E-state index contributed by atoms with van der Waals surface area (Å²) in [6.45, 7) is 6.19. The molecule has 3 rings (SSSR count). The summed E-state index contributed by atoms with van der Waals surface area (Å²) in [6.07, 6.45) is 3.97. The molecule has 0 radical (unpaired) electrons. The summed E-state index contributed by atoms with van der Waals surface area (Å²) in [5.41, 5.74) is 2.72. The first-order chi connectivity index (χ1) is 10.7. The van der Waals surface area contributed by atoms with E-state index in [1.54, 1.807) is 0 Å². The van der Waals surface area contributed by atoms with E-state index in [0.717, 1.165) is 45.4 Å². The minimum absolute atomic E-state index is 0.187. The summed E-state index contributed by atoms with van der Waals surface area (Å²) in [6, 6.07) is 9.25. The number of nitrogens with one attached hydrogen (secondary N) is 2. The average Bonchev–Trinajstić information content (AvgIpc) is 2.54. The van der Waals surface area contributed by atoms with Gasteiger partial charge in [0, 0.05) is 38.6 Å². The standard InChI is InChI=1S/C18H27N3O/c1-14-13-19-10-12-21(14)11-9-18(22)20-17-8-4-6-15-5-2-3-7-16(15)17/h2-3,5,7,14,17,19H,4,6,8-13H2,1H3,(H,20,22)/t14-,17?/m0/s1. The van der Waals surface area contributed by atoms with Crippen LogP contribution < -0.4 is 10.6 Å². The molecule has 0 saturated carbocycles. The summed E-state index contributed by atoms with van der Waals surface area (Å²) < 4.78 is 0. The van der Waals surface area contributed by atoms with Crippen molar-refractivity contribution in [3.05, 3.63) is 35.4 Å². The molecule has 2 aliphatic rings. The Kier molecular flexibility index (Phi) is 5.11. The van der Waals surface area contributed by atoms with Crippen LogP contribution in [0.4, 0.5) is 0 Å². The van der Waals surface area contributed by atoms with Crippen molar-refractivity contribution in [3.8, 4) is 0 Å². The van der Waals surface area contributed by atoms with Gasteiger partial charge in [-0.25, -0.2) is 0 Å². The number of nitrogens with zero attached hydrogens (tertiary/aromatic N) is 1. The molecule has 4 heteroatoms. The van der Waals surface area contributed by atoms with E-state index in [-0.39, 0.29) is 11.9 Å². The number of fused-ring (bicyclic) bond motifs is 1. The van der Waals surface area contributed by atoms with Gasteiger partial charge in [0.2, 0.25) is 5.91 Å². The van der Waals surface area contributed by atoms with Crippen LogP contribution in [0.15, 0.2) is 24.3 Å². The van der Waals surface area contributed by atoms with E-state index in [2.05, 4.69) is 46.7 Å². The molecule has 1 amide bonds. The summed E-state index contributed by atoms with van der Waals surface area (Å²) in [5, 5.41) is 6.63. The minimum Gasteiger partial charge on any atom is -0.349 e. The highest BCUT2D eigenvalue weighted by molar-refractivity contribution is 5.76. The van der Waals surface area contributed by atoms with Gasteiger partial charge in [0.05, 0.1) is 6.04 Å². The van der Waals surface area contributed by atoms with E-state index >= 15 is 0 Å². The number of amides is 1. The second kappa shape index (κ2) is 7.25. The summed E-state index contributed by atoms with van der Waals surface area (Å²) in [4.78, 5) is 14.7. The Morgan fingerprint density at radius 3 is 3.14 bits per heavy atom. The lowest BCUT2D eigenvalue weighted by molar-refractivity contribution is -0.122. The number of piperazine rings is 1. The molecule has 1 aliphatic heterocycles. The van der Waals surface area contributed by atoms with Crippen LogP contribution in [0, 0.1) is 0 Å². The van der Waals surface area contributed by atoms with Crippen LogP contribution >= 0.6 is 0 Å². The fourth-order valence-electron chi connectivity index (χ4n) is 3.63. The van der Waals surface area contributed by atoms with Gasteiger partial charge in [-0.15, -0.1) is 0 Å². The summed E-state index contributed by atoms with van der Waals surface area (Å²) >= 11 is 0. The lowest BCUT2D eigenvalue weighted by atomic mass is 9.87. The van der Waals surface area contributed by atoms with E-state index in [1.165, 1.54) is 11.1 Å². The van der Waals surface area contributed by atoms with Crippen LogP contribution in [0.3, 0.4) is 0 Å². The Bertz CT molecular complexity index is 517. The second-order valence-corrected chi connectivity index (χ2v) is 6.55. The maximum absolute atomic E-state index is 12.3. The third kappa shape index (κ3) is 3.68. The molecule has 1 unspecified atom stereocenters. The molecule has 1 aromatic carbocycles. The van der Waals surface area contributed by atoms with Crippen molar-refractivity contribution >= 4 is 5.91 Å². The van der Waals surface area contributed by atoms with E-state index in [4.69, 9.17) is 0 Å². The Balaban J connectivity index is 1.52. The molecule has 1 heterocycles. The van der Waals surface area contributed by atoms with Crippen LogP contribution in [-0.2, 0) is 11.2 Å². The number of hydrogen-bond acceptors (Lipinski definition) is 3. The molecular formula is C18H27N3O. The topological polar surface area (TPSA) is 44.4 Å². The van der Waals surface area contributed by atoms with Gasteiger partial charge in [-0.2, -0.15) is 0 Å². The van der Waals surface area contributed by atoms with Crippen molar-refractivity contribution in [2.45, 2.75) is 44.7 Å². The maximum atomic E-state index is 12.3. The molecule has 2 atom stereocenters. The Labute approximate surface area is 133 Å². The maximum Gasteiger partial charge on any atom is 0.221 e. The number of benzene rings is 1. The fourth-order valence-corrected chi connectivity index (χ4v) is 3.63. The number of rotatable bonds is 4. The largest absolute Gasteiger partial charge is 0.349 e. The Hall–Kier alpha value is -1.39. The van der Waals surface area contributed by atoms with E-state index in [0.29, 0.717) is 12.5 Å². The monoisotopic (exact) mass is 301 g/mol. The Morgan fingerprint density at radius 2 is 2.27 bits per heavy atom. The second-order valence-electron chi connectivity index (χ2n) is 6.55. The normalized spacial score (nSPS) is 25.5. The highest BCUT2D eigenvalue weighted by atomic mass is 16.1. The summed E-state index contributed by atoms with van der Waals surface area (Å²) in [7, 11) is 0. The molecule has 4 nitrogen and oxygen atoms in total. The first kappa shape index (κ1) is 15.5. The molecule has 0 spiro atoms. The van der Waals surface area contributed by atoms with Gasteiger partial charge >= 0.3 is 0 Å². The smallest absolute Gasteiger partial charge is 0.221 e. The van der Waals surface area contributed by atoms with Gasteiger partial charge in [-0.3, -0.25) is 9.69 Å². The number of carbonyl (C=O) groups excluding carboxylic acids is 1. The van der Waals surface area contributed by atoms with Gasteiger partial charge in [-0.1, -0.05) is 24.3 Å². The quantitative estimate of drug-likeness (QED) is 0.892. The molecule has 2 N–H and O–H groups in total. The molecule has 0 aromatic heterocycles. The molecule has 1 aliphatic carbocycles.